The normalized spacial score (nSPS) is 31.0. The molecule has 143 heavy (non-hydrogen) atoms. The average Bonchev–Trinajstić information content (AvgIpc) is 0.703. The number of methoxy groups -OCH3 is 2. The number of hydrogen-bond donors (Lipinski definition) is 4. The molecule has 8 aliphatic rings. The summed E-state index contributed by atoms with van der Waals surface area (Å²) in [7, 11) is -9.66. The van der Waals surface area contributed by atoms with Crippen LogP contribution in [0.4, 0.5) is 0 Å². The molecule has 0 aromatic heterocycles. The highest BCUT2D eigenvalue weighted by Gasteiger charge is 2.72. The van der Waals surface area contributed by atoms with Gasteiger partial charge in [-0.25, -0.2) is 28.8 Å². The van der Waals surface area contributed by atoms with Crippen molar-refractivity contribution in [3.05, 3.63) is 154 Å². The number of ether oxygens (including phenoxy) is 16. The van der Waals surface area contributed by atoms with Crippen LogP contribution in [0.25, 0.3) is 10.4 Å². The lowest BCUT2D eigenvalue weighted by molar-refractivity contribution is -0.375. The highest BCUT2D eigenvalue weighted by Crippen LogP contribution is 2.60. The number of amides is 3. The highest BCUT2D eigenvalue weighted by atomic mass is 35.6. The molecule has 8 fully saturated rings. The van der Waals surface area contributed by atoms with Gasteiger partial charge in [-0.15, -0.1) is 0 Å². The summed E-state index contributed by atoms with van der Waals surface area (Å²) in [4.78, 5) is 141. The number of alkyl halides is 9. The molecule has 0 saturated carbocycles. The van der Waals surface area contributed by atoms with E-state index in [1.54, 1.807) is 24.3 Å². The monoisotopic (exact) mass is 2230 g/mol. The summed E-state index contributed by atoms with van der Waals surface area (Å²) >= 11 is 58.4. The van der Waals surface area contributed by atoms with Gasteiger partial charge in [0.15, 0.2) is 68.1 Å². The van der Waals surface area contributed by atoms with Crippen LogP contribution < -0.4 is 16.0 Å². The Morgan fingerprint density at radius 2 is 0.650 bits per heavy atom. The van der Waals surface area contributed by atoms with Crippen LogP contribution in [0.3, 0.4) is 0 Å². The lowest BCUT2D eigenvalue weighted by Gasteiger charge is -2.59. The van der Waals surface area contributed by atoms with E-state index in [4.69, 9.17) is 207 Å². The fourth-order valence-electron chi connectivity index (χ4n) is 19.8. The van der Waals surface area contributed by atoms with Gasteiger partial charge in [0.1, 0.15) is 85.3 Å². The van der Waals surface area contributed by atoms with Gasteiger partial charge in [0.05, 0.1) is 56.3 Å². The molecule has 38 nitrogen and oxygen atoms in total. The number of aliphatic hydroxyl groups excluding tert-OH is 1. The number of aliphatic hydroxyl groups is 1. The maximum Gasteiger partial charge on any atom is 0.349 e. The summed E-state index contributed by atoms with van der Waals surface area (Å²) in [5.41, 5.74) is 8.58. The smallest absolute Gasteiger partial charge is 0.349 e. The van der Waals surface area contributed by atoms with Crippen molar-refractivity contribution >= 4 is 184 Å². The van der Waals surface area contributed by atoms with Crippen molar-refractivity contribution in [2.75, 3.05) is 47.2 Å². The lowest BCUT2D eigenvalue weighted by atomic mass is 9.93. The van der Waals surface area contributed by atoms with Crippen LogP contribution in [0.1, 0.15) is 172 Å². The van der Waals surface area contributed by atoms with Crippen molar-refractivity contribution in [3.8, 4) is 0 Å². The number of azide groups is 1. The van der Waals surface area contributed by atoms with Gasteiger partial charge in [-0.2, -0.15) is 0 Å². The van der Waals surface area contributed by atoms with Crippen molar-refractivity contribution in [1.29, 1.82) is 0 Å². The van der Waals surface area contributed by atoms with Gasteiger partial charge < -0.3 is 123 Å². The largest absolute Gasteiger partial charge is 0.467 e. The lowest BCUT2D eigenvalue weighted by Crippen LogP contribution is -2.76. The summed E-state index contributed by atoms with van der Waals surface area (Å²) < 4.78 is 143. The number of nitrogens with zero attached hydrogens (tertiary/aromatic N) is 3. The molecule has 0 spiro atoms. The maximum atomic E-state index is 15.8. The van der Waals surface area contributed by atoms with E-state index in [1.807, 2.05) is 125 Å². The molecule has 25 atom stereocenters. The fourth-order valence-corrected chi connectivity index (χ4v) is 35.1. The molecule has 12 rings (SSSR count). The molecule has 8 aliphatic heterocycles. The molecule has 0 radical (unpaired) electrons. The maximum absolute atomic E-state index is 15.8. The van der Waals surface area contributed by atoms with Crippen LogP contribution in [-0.2, 0) is 126 Å². The molecule has 3 amide bonds. The highest BCUT2D eigenvalue weighted by molar-refractivity contribution is 6.78. The van der Waals surface area contributed by atoms with E-state index in [1.165, 1.54) is 97.1 Å². The van der Waals surface area contributed by atoms with E-state index < -0.39 is 281 Å². The number of hydrogen-bond acceptors (Lipinski definition) is 33. The van der Waals surface area contributed by atoms with Crippen molar-refractivity contribution in [2.45, 2.75) is 326 Å². The minimum absolute atomic E-state index is 0.0531. The third-order valence-electron chi connectivity index (χ3n) is 25.6. The van der Waals surface area contributed by atoms with Gasteiger partial charge in [-0.1, -0.05) is 307 Å². The Bertz CT molecular complexity index is 5140. The molecule has 0 aliphatic carbocycles. The average molecular weight is 2240 g/mol. The molecule has 4 N–H and O–H groups in total. The van der Waals surface area contributed by atoms with Crippen LogP contribution in [0.15, 0.2) is 126 Å². The van der Waals surface area contributed by atoms with Crippen molar-refractivity contribution in [3.63, 3.8) is 0 Å². The quantitative estimate of drug-likeness (QED) is 0.00663. The first-order chi connectivity index (χ1) is 66.6. The summed E-state index contributed by atoms with van der Waals surface area (Å²) in [6, 6.07) is 23.2. The van der Waals surface area contributed by atoms with E-state index in [-0.39, 0.29) is 55.0 Å². The number of carbonyl (C=O) groups is 9. The molecule has 790 valence electrons. The predicted molar refractivity (Wildman–Crippen MR) is 525 cm³/mol. The topological polar surface area (TPSA) is 462 Å². The first kappa shape index (κ1) is 116. The zero-order chi connectivity index (χ0) is 105. The van der Waals surface area contributed by atoms with E-state index in [2.05, 4.69) is 26.0 Å². The Hall–Kier alpha value is -6.00. The molecular formula is C93H121Cl9N6O32Si3. The number of benzene rings is 4. The molecule has 50 heteroatoms. The van der Waals surface area contributed by atoms with Crippen LogP contribution in [0.2, 0.25) is 30.2 Å². The van der Waals surface area contributed by atoms with Crippen molar-refractivity contribution in [2.24, 2.45) is 5.11 Å². The van der Waals surface area contributed by atoms with E-state index in [0.717, 1.165) is 14.2 Å². The summed E-state index contributed by atoms with van der Waals surface area (Å²) in [6.07, 6.45) is -44.7. The minimum Gasteiger partial charge on any atom is -0.467 e. The Labute approximate surface area is 876 Å². The molecule has 0 unspecified atom stereocenters. The van der Waals surface area contributed by atoms with Gasteiger partial charge >= 0.3 is 61.5 Å². The SMILES string of the molecule is COC(=O)[C@H]1O[C@@H](O[C@@H]2[C@@H](NC(=O)C(Cl)(Cl)Cl)[C@H](O[C@H]3[C@H](OC(=O)c4ccccc4)[C@@H](OC(=O)c4ccccc4)[C@H](O[C@@H]4[C@@H](NC(=O)C(Cl)(Cl)Cl)[C@H](OCCCN=[N+]=[N-])O[C@@H]5CO[Si](C(C)(C)C)(C(C)(C)C)O[C@@H]45)O[C@@H]3C(=O)OC)O[C@@H]3CO[Si](C(C)(C)C)(C(C)(C)C)O[C@@H]23)[C@H](OC(=O)c2ccccc2)[C@@H](OC(=O)c2ccccc2)[C@@H]1O[C@@H]1O[C@@H]2CO[Si](C(C)(C)C)(C(C)(C)C)O[C@H]2[C@H](O)[C@H]1NC(=O)C(Cl)(Cl)Cl. The number of rotatable bonds is 26. The zero-order valence-corrected chi connectivity index (χ0v) is 91.9. The summed E-state index contributed by atoms with van der Waals surface area (Å²) in [6.45, 7) is 32.5. The first-order valence-electron chi connectivity index (χ1n) is 46.0. The van der Waals surface area contributed by atoms with Gasteiger partial charge in [0.25, 0.3) is 29.1 Å². The molecule has 8 saturated heterocycles. The Morgan fingerprint density at radius 1 is 0.378 bits per heavy atom. The Balaban J connectivity index is 1.08. The minimum atomic E-state index is -4.11. The number of halogens is 9. The van der Waals surface area contributed by atoms with Gasteiger partial charge in [0.2, 0.25) is 0 Å². The van der Waals surface area contributed by atoms with E-state index in [9.17, 15) is 20.2 Å². The first-order valence-corrected chi connectivity index (χ1v) is 54.9. The third kappa shape index (κ3) is 25.4. The molecular weight excluding hydrogens is 2120 g/mol. The van der Waals surface area contributed by atoms with E-state index >= 15 is 33.6 Å². The van der Waals surface area contributed by atoms with Crippen LogP contribution >= 0.6 is 104 Å². The van der Waals surface area contributed by atoms with Crippen LogP contribution in [0.5, 0.6) is 0 Å². The summed E-state index contributed by atoms with van der Waals surface area (Å²) in [5.74, 6) is -11.8. The second-order valence-corrected chi connectivity index (χ2v) is 62.7. The van der Waals surface area contributed by atoms with Gasteiger partial charge in [-0.3, -0.25) is 14.4 Å². The standard InChI is InChI=1S/C93H121Cl9N6O32Si3/c1-85(2,3)141(86(4,5)6)122-44-51-58(138-141)57(109)54(105-82(116)91(94,95)96)78(126-51)134-63-65(128-71(110)47-34-25-21-26-35-47)69(130-73(112)49-38-29-23-30-39-49)81(136-67(63)75(114)119-19)133-62-56(107-84(118)93(100,101)102)79(127-53-46-124-143(89(13,14)15,90(16,17)18)140-60(53)62)135-64-66(129-72(111)48-36-27-22-28-37-48)70(131-74(113)50-40-31-24-32-41-50)80(137-68(64)76(115)120-20)132-61-55(106-83(117)92(97,98)99)77(121-43-33-42-104-108-103)125-52-45-123-142(87(7,8)9,88(10,11)12)139-59(52)61/h21-32,34-41,51-70,77-81,109H,33,42-46H2,1-20H3,(H,105,116)(H,106,117)(H,107,118)/t51-,52-,53-,54-,55-,56-,57-,58-,59-,60-,61-,62-,63+,64+,65+,66+,67+,68+,69-,70-,77-,78+,79+,80-,81-/m1/s1. The van der Waals surface area contributed by atoms with E-state index in [0.29, 0.717) is 0 Å². The molecule has 0 bridgehead atoms. The zero-order valence-electron chi connectivity index (χ0n) is 82.1. The van der Waals surface area contributed by atoms with Crippen molar-refractivity contribution < 1.29 is 151 Å². The van der Waals surface area contributed by atoms with Gasteiger partial charge in [-0.05, 0) is 60.5 Å². The Morgan fingerprint density at radius 3 is 0.951 bits per heavy atom. The van der Waals surface area contributed by atoms with Crippen LogP contribution in [-0.4, -0.2) is 296 Å². The fraction of sp³-hybridized carbons (Fsp3) is 0.645. The number of fused-ring (bicyclic) bond motifs is 3. The second-order valence-electron chi connectivity index (χ2n) is 41.6. The number of nitrogens with one attached hydrogen (secondary N) is 3. The predicted octanol–water partition coefficient (Wildman–Crippen LogP) is 14.4. The molecule has 4 aromatic carbocycles. The number of esters is 6. The van der Waals surface area contributed by atoms with Gasteiger partial charge in [0, 0.05) is 48.3 Å². The van der Waals surface area contributed by atoms with Crippen LogP contribution in [0, 0.1) is 0 Å². The third-order valence-corrected chi connectivity index (χ3v) is 42.5. The molecule has 4 aromatic rings. The van der Waals surface area contributed by atoms with Crippen molar-refractivity contribution in [1.82, 2.24) is 16.0 Å². The number of carbonyl (C=O) groups excluding carboxylic acids is 9. The molecule has 8 heterocycles. The summed E-state index contributed by atoms with van der Waals surface area (Å²) in [5, 5.41) is 19.5. The second kappa shape index (κ2) is 45.7. The Kier molecular flexibility index (Phi) is 36.9.